The number of nitriles is 1. The average Bonchev–Trinajstić information content (AvgIpc) is 2.96. The summed E-state index contributed by atoms with van der Waals surface area (Å²) in [5, 5.41) is 9.60. The Hall–Kier alpha value is -2.39. The van der Waals surface area contributed by atoms with Gasteiger partial charge in [-0.1, -0.05) is 0 Å². The number of aryl methyl sites for hydroxylation is 1. The largest absolute Gasteiger partial charge is 0.494 e. The van der Waals surface area contributed by atoms with E-state index in [1.807, 2.05) is 45.0 Å². The van der Waals surface area contributed by atoms with Gasteiger partial charge in [0.25, 0.3) is 5.91 Å². The Kier molecular flexibility index (Phi) is 5.93. The first-order valence-corrected chi connectivity index (χ1v) is 8.64. The van der Waals surface area contributed by atoms with Gasteiger partial charge in [0.15, 0.2) is 0 Å². The van der Waals surface area contributed by atoms with Gasteiger partial charge in [-0.25, -0.2) is 4.98 Å². The van der Waals surface area contributed by atoms with E-state index in [1.54, 1.807) is 11.9 Å². The van der Waals surface area contributed by atoms with Crippen LogP contribution in [0.2, 0.25) is 0 Å². The number of benzene rings is 1. The first-order valence-electron chi connectivity index (χ1n) is 7.82. The van der Waals surface area contributed by atoms with Crippen LogP contribution in [-0.4, -0.2) is 35.5 Å². The maximum atomic E-state index is 12.6. The van der Waals surface area contributed by atoms with E-state index in [2.05, 4.69) is 11.1 Å². The van der Waals surface area contributed by atoms with Crippen LogP contribution in [-0.2, 0) is 0 Å². The lowest BCUT2D eigenvalue weighted by molar-refractivity contribution is 0.0750. The van der Waals surface area contributed by atoms with Crippen LogP contribution in [0.1, 0.15) is 35.6 Å². The smallest absolute Gasteiger partial charge is 0.265 e. The highest BCUT2D eigenvalue weighted by Crippen LogP contribution is 2.30. The number of carbonyl (C=O) groups excluding carboxylic acids is 1. The fourth-order valence-corrected chi connectivity index (χ4v) is 3.26. The fraction of sp³-hybridized carbons (Fsp3) is 0.389. The lowest BCUT2D eigenvalue weighted by Crippen LogP contribution is -2.34. The van der Waals surface area contributed by atoms with Gasteiger partial charge in [-0.2, -0.15) is 5.26 Å². The molecule has 1 heterocycles. The lowest BCUT2D eigenvalue weighted by Gasteiger charge is -2.22. The van der Waals surface area contributed by atoms with Gasteiger partial charge < -0.3 is 9.64 Å². The molecule has 1 aromatic carbocycles. The Labute approximate surface area is 146 Å². The van der Waals surface area contributed by atoms with Crippen molar-refractivity contribution in [1.29, 1.82) is 5.26 Å². The van der Waals surface area contributed by atoms with Crippen LogP contribution in [0.4, 0.5) is 0 Å². The minimum Gasteiger partial charge on any atom is -0.494 e. The summed E-state index contributed by atoms with van der Waals surface area (Å²) >= 11 is 1.38. The molecule has 0 aliphatic carbocycles. The van der Waals surface area contributed by atoms with Crippen molar-refractivity contribution in [3.05, 3.63) is 34.8 Å². The van der Waals surface area contributed by atoms with Gasteiger partial charge in [-0.3, -0.25) is 4.79 Å². The summed E-state index contributed by atoms with van der Waals surface area (Å²) < 4.78 is 5.44. The SMILES string of the molecule is CCOc1ccc(-c2nc(C)c(C(=O)N(C)C(C)CC#N)s2)cc1. The second-order valence-corrected chi connectivity index (χ2v) is 6.52. The maximum absolute atomic E-state index is 12.6. The Bertz CT molecular complexity index is 747. The summed E-state index contributed by atoms with van der Waals surface area (Å²) in [5.41, 5.74) is 1.67. The molecule has 6 heteroatoms. The molecule has 2 aromatic rings. The van der Waals surface area contributed by atoms with E-state index in [0.717, 1.165) is 16.3 Å². The van der Waals surface area contributed by atoms with E-state index in [9.17, 15) is 4.79 Å². The minimum atomic E-state index is -0.127. The van der Waals surface area contributed by atoms with Crippen molar-refractivity contribution < 1.29 is 9.53 Å². The van der Waals surface area contributed by atoms with Crippen LogP contribution in [0.15, 0.2) is 24.3 Å². The van der Waals surface area contributed by atoms with E-state index < -0.39 is 0 Å². The molecule has 0 aliphatic heterocycles. The summed E-state index contributed by atoms with van der Waals surface area (Å²) in [6.07, 6.45) is 0.311. The third-order valence-corrected chi connectivity index (χ3v) is 4.97. The lowest BCUT2D eigenvalue weighted by atomic mass is 10.2. The Morgan fingerprint density at radius 3 is 2.67 bits per heavy atom. The molecule has 0 aliphatic rings. The first-order chi connectivity index (χ1) is 11.5. The Morgan fingerprint density at radius 1 is 1.42 bits per heavy atom. The number of hydrogen-bond acceptors (Lipinski definition) is 5. The van der Waals surface area contributed by atoms with E-state index in [4.69, 9.17) is 10.00 Å². The van der Waals surface area contributed by atoms with Crippen molar-refractivity contribution in [2.45, 2.75) is 33.2 Å². The molecule has 2 rings (SSSR count). The Balaban J connectivity index is 2.23. The summed E-state index contributed by atoms with van der Waals surface area (Å²) in [6.45, 7) is 6.27. The van der Waals surface area contributed by atoms with Crippen LogP contribution >= 0.6 is 11.3 Å². The topological polar surface area (TPSA) is 66.2 Å². The summed E-state index contributed by atoms with van der Waals surface area (Å²) in [5.74, 6) is 0.723. The van der Waals surface area contributed by atoms with Gasteiger partial charge in [-0.05, 0) is 45.0 Å². The number of amides is 1. The highest BCUT2D eigenvalue weighted by atomic mass is 32.1. The van der Waals surface area contributed by atoms with Crippen molar-refractivity contribution >= 4 is 17.2 Å². The van der Waals surface area contributed by atoms with Gasteiger partial charge in [0, 0.05) is 18.7 Å². The van der Waals surface area contributed by atoms with Gasteiger partial charge in [0.2, 0.25) is 0 Å². The average molecular weight is 343 g/mol. The van der Waals surface area contributed by atoms with Crippen LogP contribution < -0.4 is 4.74 Å². The second kappa shape index (κ2) is 7.93. The molecule has 1 unspecified atom stereocenters. The number of nitrogens with zero attached hydrogens (tertiary/aromatic N) is 3. The van der Waals surface area contributed by atoms with Gasteiger partial charge >= 0.3 is 0 Å². The quantitative estimate of drug-likeness (QED) is 0.798. The zero-order chi connectivity index (χ0) is 17.7. The minimum absolute atomic E-state index is 0.0927. The highest BCUT2D eigenvalue weighted by Gasteiger charge is 2.22. The third-order valence-electron chi connectivity index (χ3n) is 3.77. The van der Waals surface area contributed by atoms with Crippen molar-refractivity contribution in [2.24, 2.45) is 0 Å². The van der Waals surface area contributed by atoms with E-state index in [-0.39, 0.29) is 11.9 Å². The molecular formula is C18H21N3O2S. The molecule has 0 N–H and O–H groups in total. The second-order valence-electron chi connectivity index (χ2n) is 5.52. The van der Waals surface area contributed by atoms with Crippen molar-refractivity contribution in [3.63, 3.8) is 0 Å². The highest BCUT2D eigenvalue weighted by molar-refractivity contribution is 7.17. The van der Waals surface area contributed by atoms with Gasteiger partial charge in [0.05, 0.1) is 24.8 Å². The molecule has 0 saturated heterocycles. The van der Waals surface area contributed by atoms with Crippen LogP contribution in [0.3, 0.4) is 0 Å². The molecule has 0 saturated carbocycles. The van der Waals surface area contributed by atoms with Crippen LogP contribution in [0, 0.1) is 18.3 Å². The van der Waals surface area contributed by atoms with E-state index >= 15 is 0 Å². The number of aromatic nitrogens is 1. The summed E-state index contributed by atoms with van der Waals surface area (Å²) in [6, 6.07) is 9.66. The van der Waals surface area contributed by atoms with Crippen LogP contribution in [0.25, 0.3) is 10.6 Å². The van der Waals surface area contributed by atoms with Crippen molar-refractivity contribution in [1.82, 2.24) is 9.88 Å². The molecule has 5 nitrogen and oxygen atoms in total. The standard InChI is InChI=1S/C18H21N3O2S/c1-5-23-15-8-6-14(7-9-15)17-20-13(3)16(24-17)18(22)21(4)12(2)10-11-19/h6-9,12H,5,10H2,1-4H3. The van der Waals surface area contributed by atoms with Crippen molar-refractivity contribution in [2.75, 3.05) is 13.7 Å². The molecule has 1 aromatic heterocycles. The monoisotopic (exact) mass is 343 g/mol. The Morgan fingerprint density at radius 2 is 2.08 bits per heavy atom. The van der Waals surface area contributed by atoms with Gasteiger partial charge in [0.1, 0.15) is 15.6 Å². The van der Waals surface area contributed by atoms with Crippen molar-refractivity contribution in [3.8, 4) is 22.4 Å². The normalized spacial score (nSPS) is 11.6. The van der Waals surface area contributed by atoms with Crippen LogP contribution in [0.5, 0.6) is 5.75 Å². The molecule has 0 radical (unpaired) electrons. The predicted molar refractivity (Wildman–Crippen MR) is 95.2 cm³/mol. The third kappa shape index (κ3) is 3.92. The molecule has 126 valence electrons. The predicted octanol–water partition coefficient (Wildman–Crippen LogP) is 3.89. The molecule has 0 bridgehead atoms. The number of ether oxygens (including phenoxy) is 1. The first kappa shape index (κ1) is 18.0. The zero-order valence-electron chi connectivity index (χ0n) is 14.4. The number of hydrogen-bond donors (Lipinski definition) is 0. The summed E-state index contributed by atoms with van der Waals surface area (Å²) in [7, 11) is 1.72. The molecular weight excluding hydrogens is 322 g/mol. The molecule has 1 amide bonds. The molecule has 0 fully saturated rings. The number of thiazole rings is 1. The summed E-state index contributed by atoms with van der Waals surface area (Å²) in [4.78, 5) is 19.4. The van der Waals surface area contributed by atoms with E-state index in [1.165, 1.54) is 11.3 Å². The molecule has 24 heavy (non-hydrogen) atoms. The molecule has 0 spiro atoms. The number of rotatable bonds is 6. The maximum Gasteiger partial charge on any atom is 0.265 e. The van der Waals surface area contributed by atoms with Gasteiger partial charge in [-0.15, -0.1) is 11.3 Å². The zero-order valence-corrected chi connectivity index (χ0v) is 15.2. The number of carbonyl (C=O) groups is 1. The molecule has 1 atom stereocenters. The fourth-order valence-electron chi connectivity index (χ4n) is 2.21. The van der Waals surface area contributed by atoms with E-state index in [0.29, 0.717) is 23.6 Å².